The number of hydrogen-bond donors (Lipinski definition) is 1. The molecule has 0 saturated heterocycles. The summed E-state index contributed by atoms with van der Waals surface area (Å²) in [6, 6.07) is 18.7. The summed E-state index contributed by atoms with van der Waals surface area (Å²) in [4.78, 5) is 26.4. The molecule has 3 rings (SSSR count). The maximum absolute atomic E-state index is 12.7. The molecule has 3 aromatic rings. The first-order valence-electron chi connectivity index (χ1n) is 8.42. The number of rotatable bonds is 6. The van der Waals surface area contributed by atoms with Crippen LogP contribution in [0.5, 0.6) is 5.75 Å². The third kappa shape index (κ3) is 4.74. The Labute approximate surface area is 162 Å². The summed E-state index contributed by atoms with van der Waals surface area (Å²) in [5.41, 5.74) is 2.59. The van der Waals surface area contributed by atoms with Gasteiger partial charge in [0, 0.05) is 25.3 Å². The van der Waals surface area contributed by atoms with Gasteiger partial charge in [0.1, 0.15) is 5.75 Å². The van der Waals surface area contributed by atoms with Gasteiger partial charge in [-0.15, -0.1) is 11.3 Å². The van der Waals surface area contributed by atoms with Crippen molar-refractivity contribution in [3.8, 4) is 16.9 Å². The third-order valence-corrected chi connectivity index (χ3v) is 4.84. The van der Waals surface area contributed by atoms with Gasteiger partial charge in [-0.05, 0) is 41.3 Å². The number of carbonyl (C=O) groups is 2. The van der Waals surface area contributed by atoms with E-state index < -0.39 is 0 Å². The summed E-state index contributed by atoms with van der Waals surface area (Å²) in [5, 5.41) is 4.82. The number of anilines is 1. The number of thiophene rings is 1. The predicted octanol–water partition coefficient (Wildman–Crippen LogP) is 4.13. The van der Waals surface area contributed by atoms with Crippen LogP contribution in [0.4, 0.5) is 5.69 Å². The molecule has 138 valence electrons. The van der Waals surface area contributed by atoms with E-state index in [0.717, 1.165) is 11.1 Å². The van der Waals surface area contributed by atoms with Gasteiger partial charge in [-0.2, -0.15) is 0 Å². The summed E-state index contributed by atoms with van der Waals surface area (Å²) in [7, 11) is 3.36. The van der Waals surface area contributed by atoms with Crippen molar-refractivity contribution >= 4 is 28.8 Å². The normalized spacial score (nSPS) is 10.3. The largest absolute Gasteiger partial charge is 0.484 e. The zero-order chi connectivity index (χ0) is 19.2. The lowest BCUT2D eigenvalue weighted by atomic mass is 10.1. The molecular weight excluding hydrogens is 360 g/mol. The molecule has 0 aliphatic heterocycles. The lowest BCUT2D eigenvalue weighted by Gasteiger charge is -2.12. The molecule has 0 fully saturated rings. The van der Waals surface area contributed by atoms with Gasteiger partial charge in [-0.3, -0.25) is 9.59 Å². The zero-order valence-corrected chi connectivity index (χ0v) is 16.0. The highest BCUT2D eigenvalue weighted by atomic mass is 32.1. The molecule has 27 heavy (non-hydrogen) atoms. The Balaban J connectivity index is 1.65. The Hall–Kier alpha value is -3.12. The Bertz CT molecular complexity index is 918. The minimum absolute atomic E-state index is 0.0195. The Morgan fingerprint density at radius 1 is 1.00 bits per heavy atom. The summed E-state index contributed by atoms with van der Waals surface area (Å²) >= 11 is 1.41. The molecule has 2 aromatic carbocycles. The average molecular weight is 380 g/mol. The van der Waals surface area contributed by atoms with Crippen molar-refractivity contribution in [3.05, 3.63) is 70.9 Å². The monoisotopic (exact) mass is 380 g/mol. The van der Waals surface area contributed by atoms with Crippen LogP contribution in [0.3, 0.4) is 0 Å². The summed E-state index contributed by atoms with van der Waals surface area (Å²) in [6.45, 7) is -0.0195. The maximum Gasteiger partial charge on any atom is 0.266 e. The molecule has 0 bridgehead atoms. The molecule has 1 heterocycles. The lowest BCUT2D eigenvalue weighted by Crippen LogP contribution is -2.27. The van der Waals surface area contributed by atoms with Crippen molar-refractivity contribution in [1.29, 1.82) is 0 Å². The van der Waals surface area contributed by atoms with Gasteiger partial charge in [0.2, 0.25) is 0 Å². The van der Waals surface area contributed by atoms with E-state index in [4.69, 9.17) is 4.74 Å². The molecule has 0 aliphatic carbocycles. The molecular formula is C21H20N2O3S. The Morgan fingerprint density at radius 3 is 2.37 bits per heavy atom. The van der Waals surface area contributed by atoms with Crippen molar-refractivity contribution in [1.82, 2.24) is 4.90 Å². The van der Waals surface area contributed by atoms with Gasteiger partial charge < -0.3 is 15.0 Å². The number of benzene rings is 2. The van der Waals surface area contributed by atoms with Gasteiger partial charge in [0.25, 0.3) is 11.8 Å². The molecule has 5 nitrogen and oxygen atoms in total. The highest BCUT2D eigenvalue weighted by molar-refractivity contribution is 7.12. The quantitative estimate of drug-likeness (QED) is 0.699. The summed E-state index contributed by atoms with van der Waals surface area (Å²) < 4.78 is 5.44. The minimum Gasteiger partial charge on any atom is -0.484 e. The van der Waals surface area contributed by atoms with Crippen LogP contribution in [0.1, 0.15) is 9.67 Å². The van der Waals surface area contributed by atoms with E-state index in [1.54, 1.807) is 38.4 Å². The number of likely N-dealkylation sites (N-methyl/N-ethyl adjacent to an activating group) is 1. The molecule has 6 heteroatoms. The lowest BCUT2D eigenvalue weighted by molar-refractivity contribution is -0.130. The predicted molar refractivity (Wildman–Crippen MR) is 108 cm³/mol. The van der Waals surface area contributed by atoms with Gasteiger partial charge in [0.15, 0.2) is 6.61 Å². The standard InChI is InChI=1S/C21H20N2O3S/c1-23(2)19(24)14-26-17-10-8-16(9-11-17)22-21(25)20-18(12-13-27-20)15-6-4-3-5-7-15/h3-13H,14H2,1-2H3,(H,22,25). The number of hydrogen-bond acceptors (Lipinski definition) is 4. The van der Waals surface area contributed by atoms with E-state index in [-0.39, 0.29) is 18.4 Å². The van der Waals surface area contributed by atoms with Crippen LogP contribution >= 0.6 is 11.3 Å². The van der Waals surface area contributed by atoms with E-state index in [1.807, 2.05) is 41.8 Å². The minimum atomic E-state index is -0.152. The van der Waals surface area contributed by atoms with Crippen molar-refractivity contribution in [2.75, 3.05) is 26.0 Å². The van der Waals surface area contributed by atoms with Crippen molar-refractivity contribution in [2.45, 2.75) is 0 Å². The van der Waals surface area contributed by atoms with Crippen LogP contribution in [-0.4, -0.2) is 37.4 Å². The Kier molecular flexibility index (Phi) is 5.88. The molecule has 0 aliphatic rings. The van der Waals surface area contributed by atoms with Gasteiger partial charge >= 0.3 is 0 Å². The van der Waals surface area contributed by atoms with E-state index in [2.05, 4.69) is 5.32 Å². The maximum atomic E-state index is 12.7. The van der Waals surface area contributed by atoms with Gasteiger partial charge in [-0.25, -0.2) is 0 Å². The first kappa shape index (κ1) is 18.7. The van der Waals surface area contributed by atoms with Crippen LogP contribution in [0.2, 0.25) is 0 Å². The van der Waals surface area contributed by atoms with Crippen molar-refractivity contribution in [2.24, 2.45) is 0 Å². The van der Waals surface area contributed by atoms with Crippen molar-refractivity contribution < 1.29 is 14.3 Å². The van der Waals surface area contributed by atoms with Crippen LogP contribution in [0.15, 0.2) is 66.0 Å². The van der Waals surface area contributed by atoms with Gasteiger partial charge in [0.05, 0.1) is 4.88 Å². The highest BCUT2D eigenvalue weighted by Gasteiger charge is 2.15. The number of carbonyl (C=O) groups excluding carboxylic acids is 2. The average Bonchev–Trinajstić information content (AvgIpc) is 3.18. The van der Waals surface area contributed by atoms with Crippen LogP contribution in [0.25, 0.3) is 11.1 Å². The van der Waals surface area contributed by atoms with Crippen LogP contribution in [0, 0.1) is 0 Å². The molecule has 0 spiro atoms. The smallest absolute Gasteiger partial charge is 0.266 e. The molecule has 0 atom stereocenters. The topological polar surface area (TPSA) is 58.6 Å². The first-order valence-corrected chi connectivity index (χ1v) is 9.30. The van der Waals surface area contributed by atoms with E-state index in [9.17, 15) is 9.59 Å². The van der Waals surface area contributed by atoms with Crippen LogP contribution < -0.4 is 10.1 Å². The fourth-order valence-electron chi connectivity index (χ4n) is 2.43. The van der Waals surface area contributed by atoms with Crippen molar-refractivity contribution in [3.63, 3.8) is 0 Å². The SMILES string of the molecule is CN(C)C(=O)COc1ccc(NC(=O)c2sccc2-c2ccccc2)cc1. The van der Waals surface area contributed by atoms with E-state index in [1.165, 1.54) is 16.2 Å². The molecule has 0 saturated carbocycles. The number of nitrogens with one attached hydrogen (secondary N) is 1. The molecule has 0 radical (unpaired) electrons. The first-order chi connectivity index (χ1) is 13.0. The zero-order valence-electron chi connectivity index (χ0n) is 15.1. The number of amides is 2. The van der Waals surface area contributed by atoms with E-state index in [0.29, 0.717) is 16.3 Å². The second-order valence-electron chi connectivity index (χ2n) is 6.08. The van der Waals surface area contributed by atoms with Crippen LogP contribution in [-0.2, 0) is 4.79 Å². The fraction of sp³-hybridized carbons (Fsp3) is 0.143. The molecule has 0 unspecified atom stereocenters. The summed E-state index contributed by atoms with van der Waals surface area (Å²) in [5.74, 6) is 0.308. The third-order valence-electron chi connectivity index (χ3n) is 3.93. The number of ether oxygens (including phenoxy) is 1. The van der Waals surface area contributed by atoms with E-state index >= 15 is 0 Å². The summed E-state index contributed by atoms with van der Waals surface area (Å²) in [6.07, 6.45) is 0. The number of nitrogens with zero attached hydrogens (tertiary/aromatic N) is 1. The molecule has 1 N–H and O–H groups in total. The Morgan fingerprint density at radius 2 is 1.70 bits per heavy atom. The van der Waals surface area contributed by atoms with Gasteiger partial charge in [-0.1, -0.05) is 30.3 Å². The second kappa shape index (κ2) is 8.51. The molecule has 2 amide bonds. The second-order valence-corrected chi connectivity index (χ2v) is 7.00. The highest BCUT2D eigenvalue weighted by Crippen LogP contribution is 2.29. The fourth-order valence-corrected chi connectivity index (χ4v) is 3.24. The molecule has 1 aromatic heterocycles.